The zero-order valence-electron chi connectivity index (χ0n) is 15.6. The van der Waals surface area contributed by atoms with Crippen LogP contribution in [0.1, 0.15) is 42.3 Å². The number of benzene rings is 1. The fourth-order valence-electron chi connectivity index (χ4n) is 2.96. The van der Waals surface area contributed by atoms with Gasteiger partial charge in [0.05, 0.1) is 12.1 Å². The summed E-state index contributed by atoms with van der Waals surface area (Å²) < 4.78 is 18.8. The monoisotopic (exact) mass is 387 g/mol. The van der Waals surface area contributed by atoms with Crippen LogP contribution in [0.25, 0.3) is 0 Å². The van der Waals surface area contributed by atoms with Crippen molar-refractivity contribution in [1.82, 2.24) is 4.90 Å². The second-order valence-electron chi connectivity index (χ2n) is 7.46. The molecule has 0 saturated carbocycles. The number of nitriles is 1. The average Bonchev–Trinajstić information content (AvgIpc) is 2.95. The molecule has 0 fully saturated rings. The number of fused-ring (bicyclic) bond motifs is 1. The van der Waals surface area contributed by atoms with Crippen molar-refractivity contribution in [1.29, 1.82) is 5.26 Å². The Kier molecular flexibility index (Phi) is 5.38. The number of hydrogen-bond acceptors (Lipinski definition) is 5. The average molecular weight is 387 g/mol. The quantitative estimate of drug-likeness (QED) is 0.832. The van der Waals surface area contributed by atoms with Gasteiger partial charge < -0.3 is 15.0 Å². The van der Waals surface area contributed by atoms with Crippen molar-refractivity contribution in [2.45, 2.75) is 45.9 Å². The van der Waals surface area contributed by atoms with Gasteiger partial charge in [0.15, 0.2) is 0 Å². The standard InChI is InChI=1S/C20H22FN3O2S/c1-20(2,3)26-19(25)24-8-7-15-16(10-22)18(27-17(15)12-24)23-11-13-5-4-6-14(21)9-13/h4-6,9,23H,7-8,11-12H2,1-3H3. The molecular weight excluding hydrogens is 365 g/mol. The van der Waals surface area contributed by atoms with Crippen LogP contribution in [0, 0.1) is 17.1 Å². The van der Waals surface area contributed by atoms with Gasteiger partial charge in [-0.3, -0.25) is 0 Å². The van der Waals surface area contributed by atoms with Crippen molar-refractivity contribution in [3.8, 4) is 6.07 Å². The van der Waals surface area contributed by atoms with Crippen molar-refractivity contribution in [3.63, 3.8) is 0 Å². The largest absolute Gasteiger partial charge is 0.444 e. The molecule has 0 bridgehead atoms. The van der Waals surface area contributed by atoms with Crippen molar-refractivity contribution in [3.05, 3.63) is 51.7 Å². The summed E-state index contributed by atoms with van der Waals surface area (Å²) in [5.41, 5.74) is 1.88. The molecule has 0 unspecified atom stereocenters. The van der Waals surface area contributed by atoms with Crippen LogP contribution in [0.4, 0.5) is 14.2 Å². The van der Waals surface area contributed by atoms with E-state index in [9.17, 15) is 14.4 Å². The zero-order valence-corrected chi connectivity index (χ0v) is 16.5. The van der Waals surface area contributed by atoms with Crippen LogP contribution in [0.15, 0.2) is 24.3 Å². The number of carbonyl (C=O) groups excluding carboxylic acids is 1. The lowest BCUT2D eigenvalue weighted by molar-refractivity contribution is 0.0226. The molecule has 3 rings (SSSR count). The molecule has 0 spiro atoms. The van der Waals surface area contributed by atoms with Gasteiger partial charge in [0.25, 0.3) is 0 Å². The highest BCUT2D eigenvalue weighted by Crippen LogP contribution is 2.37. The Morgan fingerprint density at radius 1 is 1.44 bits per heavy atom. The molecule has 1 aliphatic heterocycles. The number of amides is 1. The lowest BCUT2D eigenvalue weighted by Crippen LogP contribution is -2.39. The number of nitrogens with zero attached hydrogens (tertiary/aromatic N) is 2. The van der Waals surface area contributed by atoms with Crippen LogP contribution in [-0.2, 0) is 24.2 Å². The minimum Gasteiger partial charge on any atom is -0.444 e. The number of anilines is 1. The lowest BCUT2D eigenvalue weighted by Gasteiger charge is -2.29. The van der Waals surface area contributed by atoms with Gasteiger partial charge >= 0.3 is 6.09 Å². The van der Waals surface area contributed by atoms with Crippen LogP contribution in [0.5, 0.6) is 0 Å². The van der Waals surface area contributed by atoms with Gasteiger partial charge in [0, 0.05) is 18.0 Å². The van der Waals surface area contributed by atoms with Crippen LogP contribution in [0.2, 0.25) is 0 Å². The molecule has 0 radical (unpaired) electrons. The number of ether oxygens (including phenoxy) is 1. The number of carbonyl (C=O) groups is 1. The summed E-state index contributed by atoms with van der Waals surface area (Å²) in [7, 11) is 0. The third kappa shape index (κ3) is 4.58. The van der Waals surface area contributed by atoms with Crippen LogP contribution in [-0.4, -0.2) is 23.1 Å². The summed E-state index contributed by atoms with van der Waals surface area (Å²) in [6.07, 6.45) is 0.282. The number of thiophene rings is 1. The summed E-state index contributed by atoms with van der Waals surface area (Å²) in [4.78, 5) is 15.0. The Morgan fingerprint density at radius 3 is 2.89 bits per heavy atom. The van der Waals surface area contributed by atoms with Crippen LogP contribution >= 0.6 is 11.3 Å². The van der Waals surface area contributed by atoms with E-state index in [0.29, 0.717) is 31.6 Å². The third-order valence-electron chi connectivity index (χ3n) is 4.16. The minimum atomic E-state index is -0.539. The Bertz CT molecular complexity index is 896. The van der Waals surface area contributed by atoms with E-state index in [-0.39, 0.29) is 11.9 Å². The molecule has 142 valence electrons. The van der Waals surface area contributed by atoms with Gasteiger partial charge in [-0.2, -0.15) is 5.26 Å². The SMILES string of the molecule is CC(C)(C)OC(=O)N1CCc2c(sc(NCc3cccc(F)c3)c2C#N)C1. The predicted molar refractivity (Wildman–Crippen MR) is 103 cm³/mol. The zero-order chi connectivity index (χ0) is 19.6. The van der Waals surface area contributed by atoms with Crippen LogP contribution in [0.3, 0.4) is 0 Å². The molecule has 0 atom stereocenters. The molecule has 1 aromatic carbocycles. The highest BCUT2D eigenvalue weighted by molar-refractivity contribution is 7.16. The molecule has 2 heterocycles. The van der Waals surface area contributed by atoms with E-state index in [1.165, 1.54) is 23.5 Å². The topological polar surface area (TPSA) is 65.4 Å². The second-order valence-corrected chi connectivity index (χ2v) is 8.56. The van der Waals surface area contributed by atoms with E-state index in [1.807, 2.05) is 26.8 Å². The van der Waals surface area contributed by atoms with E-state index in [1.54, 1.807) is 11.0 Å². The maximum absolute atomic E-state index is 13.3. The van der Waals surface area contributed by atoms with Crippen molar-refractivity contribution in [2.24, 2.45) is 0 Å². The van der Waals surface area contributed by atoms with E-state index in [0.717, 1.165) is 21.0 Å². The Balaban J connectivity index is 1.74. The van der Waals surface area contributed by atoms with E-state index in [2.05, 4.69) is 11.4 Å². The summed E-state index contributed by atoms with van der Waals surface area (Å²) in [5, 5.41) is 13.6. The summed E-state index contributed by atoms with van der Waals surface area (Å²) in [6, 6.07) is 8.64. The van der Waals surface area contributed by atoms with E-state index < -0.39 is 5.60 Å². The molecule has 27 heavy (non-hydrogen) atoms. The molecule has 1 aromatic heterocycles. The molecular formula is C20H22FN3O2S. The minimum absolute atomic E-state index is 0.284. The first-order valence-electron chi connectivity index (χ1n) is 8.77. The third-order valence-corrected chi connectivity index (χ3v) is 5.34. The number of nitrogens with one attached hydrogen (secondary N) is 1. The Morgan fingerprint density at radius 2 is 2.22 bits per heavy atom. The van der Waals surface area contributed by atoms with Gasteiger partial charge in [-0.1, -0.05) is 12.1 Å². The molecule has 0 saturated heterocycles. The molecule has 1 aliphatic rings. The molecule has 1 amide bonds. The fourth-order valence-corrected chi connectivity index (χ4v) is 4.17. The summed E-state index contributed by atoms with van der Waals surface area (Å²) in [5.74, 6) is -0.284. The number of halogens is 1. The van der Waals surface area contributed by atoms with Gasteiger partial charge in [-0.15, -0.1) is 11.3 Å². The predicted octanol–water partition coefficient (Wildman–Crippen LogP) is 4.66. The van der Waals surface area contributed by atoms with Gasteiger partial charge in [0.2, 0.25) is 0 Å². The smallest absolute Gasteiger partial charge is 0.410 e. The summed E-state index contributed by atoms with van der Waals surface area (Å²) in [6.45, 7) is 6.92. The van der Waals surface area contributed by atoms with E-state index in [4.69, 9.17) is 4.74 Å². The maximum atomic E-state index is 13.3. The van der Waals surface area contributed by atoms with Crippen molar-refractivity contribution >= 4 is 22.4 Å². The normalized spacial score (nSPS) is 13.7. The van der Waals surface area contributed by atoms with Gasteiger partial charge in [-0.25, -0.2) is 9.18 Å². The van der Waals surface area contributed by atoms with Crippen LogP contribution < -0.4 is 5.32 Å². The Labute approximate surface area is 162 Å². The first-order chi connectivity index (χ1) is 12.8. The van der Waals surface area contributed by atoms with Gasteiger partial charge in [-0.05, 0) is 50.5 Å². The Hall–Kier alpha value is -2.59. The fraction of sp³-hybridized carbons (Fsp3) is 0.400. The molecule has 2 aromatic rings. The number of rotatable bonds is 3. The summed E-state index contributed by atoms with van der Waals surface area (Å²) >= 11 is 1.47. The maximum Gasteiger partial charge on any atom is 0.410 e. The van der Waals surface area contributed by atoms with Crippen molar-refractivity contribution < 1.29 is 13.9 Å². The van der Waals surface area contributed by atoms with Gasteiger partial charge in [0.1, 0.15) is 22.5 Å². The highest BCUT2D eigenvalue weighted by Gasteiger charge is 2.29. The molecule has 0 aliphatic carbocycles. The highest BCUT2D eigenvalue weighted by atomic mass is 32.1. The number of hydrogen-bond donors (Lipinski definition) is 1. The lowest BCUT2D eigenvalue weighted by atomic mass is 10.0. The molecule has 7 heteroatoms. The first kappa shape index (κ1) is 19.2. The second kappa shape index (κ2) is 7.57. The first-order valence-corrected chi connectivity index (χ1v) is 9.59. The van der Waals surface area contributed by atoms with E-state index >= 15 is 0 Å². The van der Waals surface area contributed by atoms with Crippen molar-refractivity contribution in [2.75, 3.05) is 11.9 Å². The molecule has 1 N–H and O–H groups in total. The molecule has 5 nitrogen and oxygen atoms in total.